The van der Waals surface area contributed by atoms with Crippen LogP contribution in [0.15, 0.2) is 54.6 Å². The van der Waals surface area contributed by atoms with E-state index in [1.54, 1.807) is 0 Å². The summed E-state index contributed by atoms with van der Waals surface area (Å²) in [6.45, 7) is 6.30. The number of hydrogen-bond acceptors (Lipinski definition) is 3. The number of aryl methyl sites for hydroxylation is 3. The fourth-order valence-electron chi connectivity index (χ4n) is 3.70. The quantitative estimate of drug-likeness (QED) is 0.710. The minimum absolute atomic E-state index is 0.953. The van der Waals surface area contributed by atoms with Crippen LogP contribution in [0.3, 0.4) is 0 Å². The van der Waals surface area contributed by atoms with Crippen LogP contribution in [0.1, 0.15) is 28.3 Å². The van der Waals surface area contributed by atoms with E-state index in [9.17, 15) is 0 Å². The van der Waals surface area contributed by atoms with Crippen molar-refractivity contribution in [2.45, 2.75) is 39.3 Å². The molecule has 4 heteroatoms. The lowest BCUT2D eigenvalue weighted by molar-refractivity contribution is 0.270. The molecule has 0 saturated carbocycles. The van der Waals surface area contributed by atoms with Crippen LogP contribution in [-0.4, -0.2) is 32.8 Å². The zero-order valence-corrected chi connectivity index (χ0v) is 15.4. The molecule has 1 aliphatic rings. The molecule has 0 radical (unpaired) electrons. The number of benzene rings is 2. The van der Waals surface area contributed by atoms with Gasteiger partial charge in [-0.15, -0.1) is 10.2 Å². The van der Waals surface area contributed by atoms with Crippen LogP contribution in [0.25, 0.3) is 0 Å². The molecule has 1 aliphatic heterocycles. The minimum Gasteiger partial charge on any atom is -0.314 e. The van der Waals surface area contributed by atoms with Gasteiger partial charge in [0.1, 0.15) is 11.6 Å². The highest BCUT2D eigenvalue weighted by atomic mass is 15.3. The van der Waals surface area contributed by atoms with E-state index in [1.807, 2.05) is 0 Å². The number of nitrogens with zero attached hydrogens (tertiary/aromatic N) is 4. The van der Waals surface area contributed by atoms with Crippen molar-refractivity contribution in [3.05, 3.63) is 82.9 Å². The van der Waals surface area contributed by atoms with Crippen LogP contribution in [0.5, 0.6) is 0 Å². The molecule has 134 valence electrons. The first-order valence-corrected chi connectivity index (χ1v) is 9.51. The monoisotopic (exact) mass is 346 g/mol. The lowest BCUT2D eigenvalue weighted by Crippen LogP contribution is -2.27. The van der Waals surface area contributed by atoms with Crippen molar-refractivity contribution in [2.75, 3.05) is 13.1 Å². The van der Waals surface area contributed by atoms with Gasteiger partial charge in [-0.05, 0) is 30.0 Å². The predicted octanol–water partition coefficient (Wildman–Crippen LogP) is 3.43. The van der Waals surface area contributed by atoms with Gasteiger partial charge in [-0.3, -0.25) is 4.90 Å². The van der Waals surface area contributed by atoms with E-state index in [0.717, 1.165) is 57.1 Å². The molecule has 0 unspecified atom stereocenters. The zero-order valence-electron chi connectivity index (χ0n) is 15.4. The lowest BCUT2D eigenvalue weighted by Gasteiger charge is -2.20. The molecule has 0 aliphatic carbocycles. The van der Waals surface area contributed by atoms with E-state index < -0.39 is 0 Å². The average Bonchev–Trinajstić information content (AvgIpc) is 2.95. The second-order valence-electron chi connectivity index (χ2n) is 7.12. The summed E-state index contributed by atoms with van der Waals surface area (Å²) in [4.78, 5) is 2.54. The Balaban J connectivity index is 1.40. The zero-order chi connectivity index (χ0) is 17.8. The van der Waals surface area contributed by atoms with E-state index >= 15 is 0 Å². The highest BCUT2D eigenvalue weighted by Gasteiger charge is 2.19. The third-order valence-electron chi connectivity index (χ3n) is 5.33. The molecular weight excluding hydrogens is 320 g/mol. The number of aromatic nitrogens is 3. The van der Waals surface area contributed by atoms with Crippen LogP contribution in [-0.2, 0) is 32.4 Å². The molecule has 0 saturated heterocycles. The van der Waals surface area contributed by atoms with Crippen molar-refractivity contribution in [1.82, 2.24) is 19.7 Å². The largest absolute Gasteiger partial charge is 0.314 e. The summed E-state index contributed by atoms with van der Waals surface area (Å²) in [5, 5.41) is 8.95. The summed E-state index contributed by atoms with van der Waals surface area (Å²) in [6.07, 6.45) is 2.95. The molecule has 4 nitrogen and oxygen atoms in total. The van der Waals surface area contributed by atoms with Gasteiger partial charge in [0.2, 0.25) is 0 Å². The third-order valence-corrected chi connectivity index (χ3v) is 5.33. The summed E-state index contributed by atoms with van der Waals surface area (Å²) in [6, 6.07) is 19.3. The number of fused-ring (bicyclic) bond motifs is 1. The Morgan fingerprint density at radius 3 is 2.50 bits per heavy atom. The maximum atomic E-state index is 4.47. The van der Waals surface area contributed by atoms with Gasteiger partial charge in [0.25, 0.3) is 0 Å². The first kappa shape index (κ1) is 17.0. The standard InChI is InChI=1S/C22H26N4/c1-18-7-5-6-10-20(18)17-25-14-13-22-24-23-21(26(22)16-15-25)12-11-19-8-3-2-4-9-19/h2-10H,11-17H2,1H3. The molecule has 3 aromatic rings. The van der Waals surface area contributed by atoms with Crippen molar-refractivity contribution in [3.8, 4) is 0 Å². The summed E-state index contributed by atoms with van der Waals surface area (Å²) in [5.41, 5.74) is 4.16. The second-order valence-corrected chi connectivity index (χ2v) is 7.12. The summed E-state index contributed by atoms with van der Waals surface area (Å²) in [5.74, 6) is 2.27. The maximum absolute atomic E-state index is 4.47. The summed E-state index contributed by atoms with van der Waals surface area (Å²) < 4.78 is 2.35. The Bertz CT molecular complexity index is 854. The predicted molar refractivity (Wildman–Crippen MR) is 104 cm³/mol. The molecule has 0 amide bonds. The summed E-state index contributed by atoms with van der Waals surface area (Å²) in [7, 11) is 0. The van der Waals surface area contributed by atoms with Crippen molar-refractivity contribution >= 4 is 0 Å². The third kappa shape index (κ3) is 3.86. The molecule has 0 atom stereocenters. The van der Waals surface area contributed by atoms with E-state index in [2.05, 4.69) is 81.2 Å². The van der Waals surface area contributed by atoms with Crippen LogP contribution < -0.4 is 0 Å². The Kier molecular flexibility index (Phi) is 5.12. The van der Waals surface area contributed by atoms with E-state index in [-0.39, 0.29) is 0 Å². The van der Waals surface area contributed by atoms with Crippen molar-refractivity contribution < 1.29 is 0 Å². The first-order valence-electron chi connectivity index (χ1n) is 9.51. The normalized spacial score (nSPS) is 14.8. The smallest absolute Gasteiger partial charge is 0.134 e. The molecule has 0 bridgehead atoms. The molecule has 2 heterocycles. The Morgan fingerprint density at radius 2 is 1.65 bits per heavy atom. The Morgan fingerprint density at radius 1 is 0.846 bits per heavy atom. The summed E-state index contributed by atoms with van der Waals surface area (Å²) >= 11 is 0. The van der Waals surface area contributed by atoms with E-state index in [1.165, 1.54) is 16.7 Å². The van der Waals surface area contributed by atoms with Gasteiger partial charge in [-0.2, -0.15) is 0 Å². The molecule has 26 heavy (non-hydrogen) atoms. The fourth-order valence-corrected chi connectivity index (χ4v) is 3.70. The second kappa shape index (κ2) is 7.83. The van der Waals surface area contributed by atoms with E-state index in [0.29, 0.717) is 0 Å². The molecule has 1 aromatic heterocycles. The first-order chi connectivity index (χ1) is 12.8. The van der Waals surface area contributed by atoms with Crippen molar-refractivity contribution in [1.29, 1.82) is 0 Å². The molecule has 0 N–H and O–H groups in total. The topological polar surface area (TPSA) is 34.0 Å². The minimum atomic E-state index is 0.953. The van der Waals surface area contributed by atoms with Gasteiger partial charge in [0.05, 0.1) is 0 Å². The van der Waals surface area contributed by atoms with Gasteiger partial charge >= 0.3 is 0 Å². The van der Waals surface area contributed by atoms with Gasteiger partial charge in [-0.1, -0.05) is 54.6 Å². The van der Waals surface area contributed by atoms with Crippen LogP contribution >= 0.6 is 0 Å². The van der Waals surface area contributed by atoms with Crippen molar-refractivity contribution in [2.24, 2.45) is 0 Å². The average molecular weight is 346 g/mol. The maximum Gasteiger partial charge on any atom is 0.134 e. The Hall–Kier alpha value is -2.46. The molecular formula is C22H26N4. The lowest BCUT2D eigenvalue weighted by atomic mass is 10.1. The van der Waals surface area contributed by atoms with Crippen molar-refractivity contribution in [3.63, 3.8) is 0 Å². The van der Waals surface area contributed by atoms with Crippen LogP contribution in [0.2, 0.25) is 0 Å². The molecule has 0 fully saturated rings. The molecule has 4 rings (SSSR count). The highest BCUT2D eigenvalue weighted by molar-refractivity contribution is 5.25. The Labute approximate surface area is 155 Å². The van der Waals surface area contributed by atoms with Gasteiger partial charge in [0, 0.05) is 39.0 Å². The van der Waals surface area contributed by atoms with Crippen LogP contribution in [0.4, 0.5) is 0 Å². The van der Waals surface area contributed by atoms with Crippen LogP contribution in [0, 0.1) is 6.92 Å². The van der Waals surface area contributed by atoms with Gasteiger partial charge in [0.15, 0.2) is 0 Å². The van der Waals surface area contributed by atoms with E-state index in [4.69, 9.17) is 0 Å². The fraction of sp³-hybridized carbons (Fsp3) is 0.364. The van der Waals surface area contributed by atoms with Gasteiger partial charge < -0.3 is 4.57 Å². The SMILES string of the molecule is Cc1ccccc1CN1CCc2nnc(CCc3ccccc3)n2CC1. The van der Waals surface area contributed by atoms with Gasteiger partial charge in [-0.25, -0.2) is 0 Å². The molecule has 0 spiro atoms. The number of hydrogen-bond donors (Lipinski definition) is 0. The highest BCUT2D eigenvalue weighted by Crippen LogP contribution is 2.15. The molecule has 2 aromatic carbocycles. The number of rotatable bonds is 5.